The number of carbonyl (C=O) groups excluding carboxylic acids is 2. The lowest BCUT2D eigenvalue weighted by Crippen LogP contribution is -2.63. The predicted molar refractivity (Wildman–Crippen MR) is 128 cm³/mol. The molecule has 9 nitrogen and oxygen atoms in total. The van der Waals surface area contributed by atoms with Crippen LogP contribution in [0.15, 0.2) is 18.3 Å². The van der Waals surface area contributed by atoms with Crippen LogP contribution in [0.25, 0.3) is 0 Å². The number of rotatable bonds is 4. The Morgan fingerprint density at radius 2 is 1.86 bits per heavy atom. The highest BCUT2D eigenvalue weighted by Crippen LogP contribution is 2.39. The third kappa shape index (κ3) is 6.58. The van der Waals surface area contributed by atoms with Crippen molar-refractivity contribution in [2.75, 3.05) is 29.9 Å². The number of anilines is 2. The molecule has 36 heavy (non-hydrogen) atoms. The van der Waals surface area contributed by atoms with Gasteiger partial charge in [0.15, 0.2) is 5.82 Å². The summed E-state index contributed by atoms with van der Waals surface area (Å²) in [5.41, 5.74) is 0.275. The van der Waals surface area contributed by atoms with Gasteiger partial charge >= 0.3 is 18.2 Å². The van der Waals surface area contributed by atoms with Crippen molar-refractivity contribution < 1.29 is 32.7 Å². The minimum atomic E-state index is -5.08. The maximum Gasteiger partial charge on any atom is 0.490 e. The number of nitrogens with zero attached hydrogens (tertiary/aromatic N) is 3. The third-order valence-electron chi connectivity index (χ3n) is 6.83. The largest absolute Gasteiger partial charge is 0.490 e. The molecule has 2 aliphatic heterocycles. The highest BCUT2D eigenvalue weighted by atomic mass is 19.4. The Hall–Kier alpha value is -3.05. The maximum atomic E-state index is 13.5. The normalized spacial score (nSPS) is 19.4. The summed E-state index contributed by atoms with van der Waals surface area (Å²) in [5.74, 6) is -1.42. The monoisotopic (exact) mass is 513 g/mol. The predicted octanol–water partition coefficient (Wildman–Crippen LogP) is 4.01. The highest BCUT2D eigenvalue weighted by molar-refractivity contribution is 6.07. The zero-order valence-corrected chi connectivity index (χ0v) is 20.6. The molecular formula is C24H34F3N5O4. The topological polar surface area (TPSA) is 115 Å². The van der Waals surface area contributed by atoms with Gasteiger partial charge in [-0.3, -0.25) is 9.69 Å². The molecule has 1 saturated carbocycles. The molecule has 0 radical (unpaired) electrons. The molecule has 1 aliphatic carbocycles. The van der Waals surface area contributed by atoms with Gasteiger partial charge in [0.05, 0.1) is 5.69 Å². The summed E-state index contributed by atoms with van der Waals surface area (Å²) in [6.45, 7) is 6.19. The van der Waals surface area contributed by atoms with Crippen LogP contribution in [0.4, 0.5) is 29.5 Å². The summed E-state index contributed by atoms with van der Waals surface area (Å²) in [4.78, 5) is 43.3. The zero-order chi connectivity index (χ0) is 26.5. The van der Waals surface area contributed by atoms with E-state index in [2.05, 4.69) is 29.5 Å². The molecule has 0 atom stereocenters. The summed E-state index contributed by atoms with van der Waals surface area (Å²) in [5, 5.41) is 13.8. The first-order chi connectivity index (χ1) is 16.9. The van der Waals surface area contributed by atoms with Crippen molar-refractivity contribution in [2.24, 2.45) is 5.92 Å². The Kier molecular flexibility index (Phi) is 8.67. The maximum absolute atomic E-state index is 13.5. The second-order valence-corrected chi connectivity index (χ2v) is 9.94. The molecule has 2 fully saturated rings. The summed E-state index contributed by atoms with van der Waals surface area (Å²) in [6, 6.07) is 4.24. The molecule has 1 aromatic rings. The Bertz CT molecular complexity index is 942. The number of urea groups is 1. The number of likely N-dealkylation sites (tertiary alicyclic amines) is 1. The number of pyridine rings is 1. The molecule has 12 heteroatoms. The summed E-state index contributed by atoms with van der Waals surface area (Å²) in [7, 11) is 0. The van der Waals surface area contributed by atoms with Gasteiger partial charge in [0.25, 0.3) is 5.91 Å². The third-order valence-corrected chi connectivity index (χ3v) is 6.83. The van der Waals surface area contributed by atoms with E-state index in [0.29, 0.717) is 44.4 Å². The van der Waals surface area contributed by atoms with Crippen LogP contribution in [0.2, 0.25) is 0 Å². The van der Waals surface area contributed by atoms with Gasteiger partial charge in [-0.05, 0) is 50.2 Å². The number of piperidine rings is 1. The van der Waals surface area contributed by atoms with Crippen LogP contribution in [-0.4, -0.2) is 70.3 Å². The van der Waals surface area contributed by atoms with Crippen molar-refractivity contribution in [3.63, 3.8) is 0 Å². The van der Waals surface area contributed by atoms with Gasteiger partial charge in [-0.25, -0.2) is 14.6 Å². The lowest BCUT2D eigenvalue weighted by Gasteiger charge is -2.47. The van der Waals surface area contributed by atoms with Crippen LogP contribution in [-0.2, 0) is 9.59 Å². The number of hydrogen-bond donors (Lipinski definition) is 3. The Balaban J connectivity index is 0.000000454. The standard InChI is InChI=1S/C22H33N5O2.C2HF3O2/c1-16(2)9-13-27-19-18(8-5-12-23-19)25-22(20(27)28)10-14-26(15-11-22)21(29)24-17-6-3-4-7-17;3-2(4,5)1(6)7/h5,8,12,16-17,25H,3-4,6-7,9-11,13-15H2,1-2H3,(H,24,29);(H,6,7). The SMILES string of the molecule is CC(C)CCN1C(=O)C2(CCN(C(=O)NC3CCCC3)CC2)Nc2cccnc21.O=C(O)C(F)(F)F. The van der Waals surface area contributed by atoms with E-state index in [-0.39, 0.29) is 11.9 Å². The van der Waals surface area contributed by atoms with Crippen LogP contribution in [0.3, 0.4) is 0 Å². The van der Waals surface area contributed by atoms with E-state index in [1.807, 2.05) is 21.9 Å². The van der Waals surface area contributed by atoms with Crippen LogP contribution in [0.5, 0.6) is 0 Å². The van der Waals surface area contributed by atoms with Gasteiger partial charge in [-0.2, -0.15) is 13.2 Å². The molecule has 3 aliphatic rings. The van der Waals surface area contributed by atoms with Gasteiger partial charge in [0, 0.05) is 31.9 Å². The van der Waals surface area contributed by atoms with E-state index >= 15 is 0 Å². The van der Waals surface area contributed by atoms with E-state index < -0.39 is 17.7 Å². The van der Waals surface area contributed by atoms with Gasteiger partial charge in [0.2, 0.25) is 0 Å². The molecule has 1 aromatic heterocycles. The number of nitrogens with one attached hydrogen (secondary N) is 2. The van der Waals surface area contributed by atoms with Crippen molar-refractivity contribution in [2.45, 2.75) is 76.6 Å². The summed E-state index contributed by atoms with van der Waals surface area (Å²) >= 11 is 0. The average Bonchev–Trinajstić information content (AvgIpc) is 3.32. The number of aromatic nitrogens is 1. The first-order valence-electron chi connectivity index (χ1n) is 12.3. The number of aliphatic carboxylic acids is 1. The molecule has 4 rings (SSSR count). The number of alkyl halides is 3. The lowest BCUT2D eigenvalue weighted by atomic mass is 9.84. The molecule has 3 N–H and O–H groups in total. The van der Waals surface area contributed by atoms with E-state index in [1.54, 1.807) is 6.20 Å². The molecule has 3 amide bonds. The molecule has 0 aromatic carbocycles. The second kappa shape index (κ2) is 11.3. The van der Waals surface area contributed by atoms with Gasteiger partial charge in [-0.1, -0.05) is 26.7 Å². The number of carboxylic acids is 1. The first kappa shape index (κ1) is 27.5. The highest BCUT2D eigenvalue weighted by Gasteiger charge is 2.48. The number of carbonyl (C=O) groups is 3. The fourth-order valence-electron chi connectivity index (χ4n) is 4.74. The van der Waals surface area contributed by atoms with E-state index in [4.69, 9.17) is 9.90 Å². The Morgan fingerprint density at radius 1 is 1.25 bits per heavy atom. The summed E-state index contributed by atoms with van der Waals surface area (Å²) < 4.78 is 31.7. The molecule has 200 valence electrons. The minimum absolute atomic E-state index is 0.0220. The second-order valence-electron chi connectivity index (χ2n) is 9.94. The zero-order valence-electron chi connectivity index (χ0n) is 20.6. The Morgan fingerprint density at radius 3 is 2.42 bits per heavy atom. The lowest BCUT2D eigenvalue weighted by molar-refractivity contribution is -0.192. The quantitative estimate of drug-likeness (QED) is 0.561. The first-order valence-corrected chi connectivity index (χ1v) is 12.3. The van der Waals surface area contributed by atoms with Crippen molar-refractivity contribution in [3.05, 3.63) is 18.3 Å². The van der Waals surface area contributed by atoms with E-state index in [0.717, 1.165) is 30.8 Å². The molecule has 3 heterocycles. The van der Waals surface area contributed by atoms with Gasteiger partial charge in [-0.15, -0.1) is 0 Å². The van der Waals surface area contributed by atoms with Crippen LogP contribution >= 0.6 is 0 Å². The van der Waals surface area contributed by atoms with Crippen LogP contribution < -0.4 is 15.5 Å². The number of fused-ring (bicyclic) bond motifs is 1. The molecular weight excluding hydrogens is 479 g/mol. The molecule has 0 bridgehead atoms. The van der Waals surface area contributed by atoms with E-state index in [9.17, 15) is 22.8 Å². The summed E-state index contributed by atoms with van der Waals surface area (Å²) in [6.07, 6.45) is 3.40. The van der Waals surface area contributed by atoms with Crippen LogP contribution in [0, 0.1) is 5.92 Å². The van der Waals surface area contributed by atoms with Gasteiger partial charge < -0.3 is 20.6 Å². The fourth-order valence-corrected chi connectivity index (χ4v) is 4.74. The molecule has 1 saturated heterocycles. The smallest absolute Gasteiger partial charge is 0.475 e. The van der Waals surface area contributed by atoms with Crippen LogP contribution in [0.1, 0.15) is 58.8 Å². The average molecular weight is 514 g/mol. The number of carboxylic acid groups (broad SMARTS) is 1. The van der Waals surface area contributed by atoms with Crippen molar-refractivity contribution in [3.8, 4) is 0 Å². The molecule has 1 spiro atoms. The minimum Gasteiger partial charge on any atom is -0.475 e. The number of halogens is 3. The van der Waals surface area contributed by atoms with Gasteiger partial charge in [0.1, 0.15) is 5.54 Å². The number of amides is 3. The van der Waals surface area contributed by atoms with Crippen molar-refractivity contribution in [1.29, 1.82) is 0 Å². The van der Waals surface area contributed by atoms with E-state index in [1.165, 1.54) is 12.8 Å². The molecule has 0 unspecified atom stereocenters. The number of hydrogen-bond acceptors (Lipinski definition) is 5. The fraction of sp³-hybridized carbons (Fsp3) is 0.667. The Labute approximate surface area is 208 Å². The van der Waals surface area contributed by atoms with Crippen molar-refractivity contribution >= 4 is 29.4 Å². The van der Waals surface area contributed by atoms with Crippen molar-refractivity contribution in [1.82, 2.24) is 15.2 Å².